The molecule has 1 heterocycles. The van der Waals surface area contributed by atoms with Gasteiger partial charge < -0.3 is 25.4 Å². The Morgan fingerprint density at radius 3 is 2.18 bits per heavy atom. The normalized spacial score (nSPS) is 16.9. The molecule has 1 aromatic carbocycles. The molecule has 0 aromatic heterocycles. The molecule has 9 nitrogen and oxygen atoms in total. The van der Waals surface area contributed by atoms with Crippen LogP contribution < -0.4 is 10.6 Å². The van der Waals surface area contributed by atoms with Gasteiger partial charge in [-0.1, -0.05) is 42.5 Å². The molecule has 1 aliphatic heterocycles. The lowest BCUT2D eigenvalue weighted by Gasteiger charge is -2.29. The topological polar surface area (TPSA) is 125 Å². The van der Waals surface area contributed by atoms with E-state index in [-0.39, 0.29) is 31.8 Å². The molecule has 208 valence electrons. The molecule has 1 fully saturated rings. The lowest BCUT2D eigenvalue weighted by molar-refractivity contribution is -0.159. The molecule has 1 aliphatic rings. The lowest BCUT2D eigenvalue weighted by atomic mass is 9.98. The van der Waals surface area contributed by atoms with Gasteiger partial charge in [0.15, 0.2) is 0 Å². The van der Waals surface area contributed by atoms with Crippen molar-refractivity contribution in [2.75, 3.05) is 19.7 Å². The molecule has 1 saturated heterocycles. The van der Waals surface area contributed by atoms with Gasteiger partial charge in [0.25, 0.3) is 0 Å². The number of likely N-dealkylation sites (tertiary alicyclic amines) is 1. The summed E-state index contributed by atoms with van der Waals surface area (Å²) in [5.41, 5.74) is 0.662. The second kappa shape index (κ2) is 15.7. The van der Waals surface area contributed by atoms with Crippen molar-refractivity contribution in [3.8, 4) is 0 Å². The van der Waals surface area contributed by atoms with Gasteiger partial charge in [-0.2, -0.15) is 0 Å². The molecule has 3 amide bonds. The Morgan fingerprint density at radius 1 is 1.00 bits per heavy atom. The van der Waals surface area contributed by atoms with Gasteiger partial charge in [0, 0.05) is 25.6 Å². The van der Waals surface area contributed by atoms with E-state index in [4.69, 9.17) is 4.74 Å². The smallest absolute Gasteiger partial charge is 0.310 e. The van der Waals surface area contributed by atoms with Gasteiger partial charge in [0.05, 0.1) is 18.6 Å². The molecule has 3 N–H and O–H groups in total. The zero-order chi connectivity index (χ0) is 28.1. The van der Waals surface area contributed by atoms with E-state index in [0.717, 1.165) is 12.8 Å². The van der Waals surface area contributed by atoms with E-state index in [1.807, 2.05) is 6.07 Å². The Morgan fingerprint density at radius 2 is 1.61 bits per heavy atom. The van der Waals surface area contributed by atoms with Gasteiger partial charge in [-0.05, 0) is 45.1 Å². The highest BCUT2D eigenvalue weighted by molar-refractivity contribution is 6.00. The third-order valence-corrected chi connectivity index (χ3v) is 6.56. The number of aliphatic hydroxyl groups excluding tert-OH is 1. The number of nitrogens with one attached hydrogen (secondary N) is 2. The summed E-state index contributed by atoms with van der Waals surface area (Å²) in [6, 6.07) is 7.80. The number of ether oxygens (including phenoxy) is 1. The quantitative estimate of drug-likeness (QED) is 0.183. The highest BCUT2D eigenvalue weighted by atomic mass is 16.5. The highest BCUT2D eigenvalue weighted by Crippen LogP contribution is 2.26. The van der Waals surface area contributed by atoms with E-state index in [2.05, 4.69) is 23.8 Å². The molecule has 1 aromatic rings. The Bertz CT molecular complexity index is 960. The highest BCUT2D eigenvalue weighted by Gasteiger charge is 2.33. The number of carbonyl (C=O) groups is 4. The summed E-state index contributed by atoms with van der Waals surface area (Å²) in [5.74, 6) is -3.49. The van der Waals surface area contributed by atoms with Crippen molar-refractivity contribution >= 4 is 23.7 Å². The molecule has 1 unspecified atom stereocenters. The maximum atomic E-state index is 13.3. The SMILES string of the molecule is C=CCC(C(=O)N[C@H](C)CO)C(=O)N[C@H](C)[C@@H](OC(=O)[C@@H](CC=C)CC(=O)N1CCCC1)c1ccccc1. The maximum Gasteiger partial charge on any atom is 0.310 e. The zero-order valence-corrected chi connectivity index (χ0v) is 22.4. The number of aliphatic hydroxyl groups is 1. The minimum Gasteiger partial charge on any atom is -0.455 e. The van der Waals surface area contributed by atoms with Crippen LogP contribution in [0.25, 0.3) is 0 Å². The fourth-order valence-electron chi connectivity index (χ4n) is 4.38. The van der Waals surface area contributed by atoms with E-state index in [1.54, 1.807) is 49.1 Å². The number of allylic oxidation sites excluding steroid dienone is 2. The predicted molar refractivity (Wildman–Crippen MR) is 145 cm³/mol. The number of amides is 3. The number of rotatable bonds is 15. The van der Waals surface area contributed by atoms with Crippen molar-refractivity contribution in [2.45, 2.75) is 64.1 Å². The molecule has 0 radical (unpaired) electrons. The number of esters is 1. The van der Waals surface area contributed by atoms with Crippen LogP contribution in [0.2, 0.25) is 0 Å². The van der Waals surface area contributed by atoms with Gasteiger partial charge in [0.1, 0.15) is 12.0 Å². The van der Waals surface area contributed by atoms with Crippen molar-refractivity contribution in [3.05, 3.63) is 61.2 Å². The van der Waals surface area contributed by atoms with E-state index >= 15 is 0 Å². The summed E-state index contributed by atoms with van der Waals surface area (Å²) < 4.78 is 5.93. The van der Waals surface area contributed by atoms with Crippen LogP contribution in [0, 0.1) is 11.8 Å². The molecular weight excluding hydrogens is 486 g/mol. The first kappa shape index (κ1) is 30.8. The van der Waals surface area contributed by atoms with Crippen LogP contribution in [0.1, 0.15) is 57.6 Å². The predicted octanol–water partition coefficient (Wildman–Crippen LogP) is 2.67. The molecule has 0 aliphatic carbocycles. The first-order valence-electron chi connectivity index (χ1n) is 13.2. The third kappa shape index (κ3) is 9.13. The van der Waals surface area contributed by atoms with Crippen LogP contribution >= 0.6 is 0 Å². The molecule has 38 heavy (non-hydrogen) atoms. The number of nitrogens with zero attached hydrogens (tertiary/aromatic N) is 1. The summed E-state index contributed by atoms with van der Waals surface area (Å²) in [4.78, 5) is 53.6. The Labute approximate surface area is 225 Å². The third-order valence-electron chi connectivity index (χ3n) is 6.56. The molecule has 9 heteroatoms. The van der Waals surface area contributed by atoms with Crippen molar-refractivity contribution in [1.29, 1.82) is 0 Å². The summed E-state index contributed by atoms with van der Waals surface area (Å²) in [6.45, 7) is 11.8. The fraction of sp³-hybridized carbons (Fsp3) is 0.517. The van der Waals surface area contributed by atoms with Gasteiger partial charge in [0.2, 0.25) is 17.7 Å². The molecule has 0 spiro atoms. The minimum absolute atomic E-state index is 0.0255. The minimum atomic E-state index is -1.07. The molecule has 0 saturated carbocycles. The standard InChI is InChI=1S/C29H41N3O6/c1-5-12-23(18-25(34)32-16-10-11-17-32)29(37)38-26(22-14-8-7-9-15-22)21(4)31-28(36)24(13-6-2)27(35)30-20(3)19-33/h5-9,14-15,20-21,23-24,26,33H,1-2,10-13,16-19H2,3-4H3,(H,30,35)(H,31,36)/t20-,21-,23+,24?,26-/m1/s1. The molecule has 2 rings (SSSR count). The number of benzene rings is 1. The van der Waals surface area contributed by atoms with E-state index in [9.17, 15) is 24.3 Å². The summed E-state index contributed by atoms with van der Waals surface area (Å²) >= 11 is 0. The second-order valence-electron chi connectivity index (χ2n) is 9.75. The van der Waals surface area contributed by atoms with Crippen LogP contribution in [0.5, 0.6) is 0 Å². The molecular formula is C29H41N3O6. The summed E-state index contributed by atoms with van der Waals surface area (Å²) in [7, 11) is 0. The Kier molecular flexibility index (Phi) is 12.7. The van der Waals surface area contributed by atoms with Crippen molar-refractivity contribution < 1.29 is 29.0 Å². The van der Waals surface area contributed by atoms with Crippen LogP contribution in [0.15, 0.2) is 55.6 Å². The average molecular weight is 528 g/mol. The van der Waals surface area contributed by atoms with Crippen LogP contribution in [0.4, 0.5) is 0 Å². The number of hydrogen-bond acceptors (Lipinski definition) is 6. The Hall–Kier alpha value is -3.46. The van der Waals surface area contributed by atoms with Crippen LogP contribution in [0.3, 0.4) is 0 Å². The van der Waals surface area contributed by atoms with Gasteiger partial charge in [-0.15, -0.1) is 13.2 Å². The fourth-order valence-corrected chi connectivity index (χ4v) is 4.38. The van der Waals surface area contributed by atoms with Crippen LogP contribution in [-0.2, 0) is 23.9 Å². The van der Waals surface area contributed by atoms with E-state index < -0.39 is 47.8 Å². The zero-order valence-electron chi connectivity index (χ0n) is 22.4. The van der Waals surface area contributed by atoms with Crippen molar-refractivity contribution in [3.63, 3.8) is 0 Å². The van der Waals surface area contributed by atoms with Gasteiger partial charge in [-0.3, -0.25) is 19.2 Å². The maximum absolute atomic E-state index is 13.3. The largest absolute Gasteiger partial charge is 0.455 e. The average Bonchev–Trinajstić information content (AvgIpc) is 3.45. The molecule has 0 bridgehead atoms. The number of carbonyl (C=O) groups excluding carboxylic acids is 4. The first-order valence-corrected chi connectivity index (χ1v) is 13.2. The Balaban J connectivity index is 2.19. The van der Waals surface area contributed by atoms with Crippen molar-refractivity contribution in [1.82, 2.24) is 15.5 Å². The summed E-state index contributed by atoms with van der Waals surface area (Å²) in [5, 5.41) is 14.7. The van der Waals surface area contributed by atoms with Gasteiger partial charge >= 0.3 is 5.97 Å². The molecule has 5 atom stereocenters. The second-order valence-corrected chi connectivity index (χ2v) is 9.75. The van der Waals surface area contributed by atoms with Crippen molar-refractivity contribution in [2.24, 2.45) is 11.8 Å². The monoisotopic (exact) mass is 527 g/mol. The number of hydrogen-bond donors (Lipinski definition) is 3. The van der Waals surface area contributed by atoms with E-state index in [1.165, 1.54) is 6.08 Å². The van der Waals surface area contributed by atoms with Gasteiger partial charge in [-0.25, -0.2) is 0 Å². The van der Waals surface area contributed by atoms with Crippen LogP contribution in [-0.4, -0.2) is 65.5 Å². The van der Waals surface area contributed by atoms with E-state index in [0.29, 0.717) is 18.7 Å². The lowest BCUT2D eigenvalue weighted by Crippen LogP contribution is -2.48. The first-order chi connectivity index (χ1) is 18.2. The summed E-state index contributed by atoms with van der Waals surface area (Å²) in [6.07, 6.45) is 4.53.